The van der Waals surface area contributed by atoms with Crippen molar-refractivity contribution >= 4 is 22.4 Å². The number of nitrogens with zero attached hydrogens (tertiary/aromatic N) is 2. The number of anilines is 1. The SMILES string of the molecule is O=C1c2ccccc2-c2ncnc3c(NC4CCCCC4)ccc1c23. The zero-order valence-electron chi connectivity index (χ0n) is 14.0. The van der Waals surface area contributed by atoms with Gasteiger partial charge in [-0.05, 0) is 25.0 Å². The number of carbonyl (C=O) groups excluding carboxylic acids is 1. The number of aromatic nitrogens is 2. The molecule has 2 aliphatic carbocycles. The second-order valence-corrected chi connectivity index (χ2v) is 6.96. The van der Waals surface area contributed by atoms with E-state index in [0.29, 0.717) is 11.6 Å². The Morgan fingerprint density at radius 1 is 0.880 bits per heavy atom. The van der Waals surface area contributed by atoms with Crippen LogP contribution in [0.4, 0.5) is 5.69 Å². The van der Waals surface area contributed by atoms with Gasteiger partial charge in [-0.25, -0.2) is 9.97 Å². The highest BCUT2D eigenvalue weighted by Crippen LogP contribution is 2.39. The third-order valence-electron chi connectivity index (χ3n) is 5.42. The van der Waals surface area contributed by atoms with Gasteiger partial charge in [0.1, 0.15) is 6.33 Å². The van der Waals surface area contributed by atoms with Crippen molar-refractivity contribution in [2.24, 2.45) is 0 Å². The van der Waals surface area contributed by atoms with E-state index in [4.69, 9.17) is 0 Å². The molecule has 124 valence electrons. The van der Waals surface area contributed by atoms with Crippen LogP contribution in [-0.2, 0) is 0 Å². The van der Waals surface area contributed by atoms with Crippen LogP contribution in [0.25, 0.3) is 22.2 Å². The van der Waals surface area contributed by atoms with E-state index < -0.39 is 0 Å². The van der Waals surface area contributed by atoms with E-state index in [0.717, 1.165) is 33.4 Å². The Balaban J connectivity index is 1.70. The first-order valence-corrected chi connectivity index (χ1v) is 9.01. The molecular weight excluding hydrogens is 310 g/mol. The summed E-state index contributed by atoms with van der Waals surface area (Å²) in [6, 6.07) is 12.1. The lowest BCUT2D eigenvalue weighted by molar-refractivity contribution is 0.104. The molecule has 4 nitrogen and oxygen atoms in total. The predicted molar refractivity (Wildman–Crippen MR) is 98.9 cm³/mol. The summed E-state index contributed by atoms with van der Waals surface area (Å²) in [6.07, 6.45) is 7.89. The standard InChI is InChI=1S/C21H19N3O/c25-21-15-9-5-4-8-14(15)19-18-16(21)10-11-17(20(18)23-12-22-19)24-13-6-2-1-3-7-13/h4-5,8-13,24H,1-3,6-7H2. The quantitative estimate of drug-likeness (QED) is 0.584. The lowest BCUT2D eigenvalue weighted by Gasteiger charge is -2.25. The summed E-state index contributed by atoms with van der Waals surface area (Å²) in [5.74, 6) is 0.0621. The molecule has 0 saturated heterocycles. The molecule has 0 unspecified atom stereocenters. The third kappa shape index (κ3) is 2.24. The topological polar surface area (TPSA) is 54.9 Å². The van der Waals surface area contributed by atoms with Crippen molar-refractivity contribution in [3.8, 4) is 11.3 Å². The van der Waals surface area contributed by atoms with Gasteiger partial charge in [0.05, 0.1) is 16.9 Å². The third-order valence-corrected chi connectivity index (χ3v) is 5.42. The Morgan fingerprint density at radius 2 is 1.68 bits per heavy atom. The number of benzene rings is 2. The smallest absolute Gasteiger partial charge is 0.194 e. The van der Waals surface area contributed by atoms with Gasteiger partial charge in [-0.3, -0.25) is 4.79 Å². The van der Waals surface area contributed by atoms with Crippen molar-refractivity contribution in [1.29, 1.82) is 0 Å². The average Bonchev–Trinajstić information content (AvgIpc) is 2.68. The molecule has 2 aromatic carbocycles. The summed E-state index contributed by atoms with van der Waals surface area (Å²) in [5.41, 5.74) is 5.07. The molecule has 0 aliphatic heterocycles. The van der Waals surface area contributed by atoms with Crippen LogP contribution in [0.5, 0.6) is 0 Å². The molecule has 3 aromatic rings. The minimum atomic E-state index is 0.0621. The normalized spacial score (nSPS) is 16.7. The van der Waals surface area contributed by atoms with Crippen LogP contribution in [0.1, 0.15) is 48.0 Å². The first-order valence-electron chi connectivity index (χ1n) is 9.01. The van der Waals surface area contributed by atoms with E-state index in [1.165, 1.54) is 32.1 Å². The number of rotatable bonds is 2. The molecule has 0 atom stereocenters. The van der Waals surface area contributed by atoms with E-state index in [9.17, 15) is 4.79 Å². The molecule has 1 aromatic heterocycles. The van der Waals surface area contributed by atoms with Gasteiger partial charge in [0.2, 0.25) is 0 Å². The van der Waals surface area contributed by atoms with Crippen molar-refractivity contribution in [2.75, 3.05) is 5.32 Å². The first-order chi connectivity index (χ1) is 12.3. The Kier molecular flexibility index (Phi) is 3.30. The lowest BCUT2D eigenvalue weighted by atomic mass is 9.86. The highest BCUT2D eigenvalue weighted by molar-refractivity contribution is 6.25. The molecule has 5 rings (SSSR count). The predicted octanol–water partition coefficient (Wildman–Crippen LogP) is 4.59. The van der Waals surface area contributed by atoms with E-state index >= 15 is 0 Å². The number of ketones is 1. The number of nitrogens with one attached hydrogen (secondary N) is 1. The van der Waals surface area contributed by atoms with Crippen LogP contribution in [-0.4, -0.2) is 21.8 Å². The summed E-state index contributed by atoms with van der Waals surface area (Å²) >= 11 is 0. The number of fused-ring (bicyclic) bond motifs is 2. The number of hydrogen-bond donors (Lipinski definition) is 1. The van der Waals surface area contributed by atoms with Crippen molar-refractivity contribution in [2.45, 2.75) is 38.1 Å². The van der Waals surface area contributed by atoms with Crippen molar-refractivity contribution in [1.82, 2.24) is 9.97 Å². The molecule has 1 fully saturated rings. The molecule has 0 bridgehead atoms. The summed E-state index contributed by atoms with van der Waals surface area (Å²) < 4.78 is 0. The number of hydrogen-bond acceptors (Lipinski definition) is 4. The van der Waals surface area contributed by atoms with Gasteiger partial charge in [0, 0.05) is 28.1 Å². The molecule has 4 heteroatoms. The van der Waals surface area contributed by atoms with Crippen LogP contribution in [0.3, 0.4) is 0 Å². The largest absolute Gasteiger partial charge is 0.381 e. The lowest BCUT2D eigenvalue weighted by Crippen LogP contribution is -2.23. The van der Waals surface area contributed by atoms with Crippen LogP contribution < -0.4 is 5.32 Å². The Bertz CT molecular complexity index is 990. The molecule has 0 amide bonds. The van der Waals surface area contributed by atoms with Gasteiger partial charge in [-0.1, -0.05) is 43.5 Å². The van der Waals surface area contributed by atoms with E-state index in [1.54, 1.807) is 6.33 Å². The van der Waals surface area contributed by atoms with E-state index in [-0.39, 0.29) is 5.78 Å². The molecule has 2 aliphatic rings. The van der Waals surface area contributed by atoms with Gasteiger partial charge in [0.25, 0.3) is 0 Å². The maximum atomic E-state index is 12.9. The van der Waals surface area contributed by atoms with E-state index in [2.05, 4.69) is 15.3 Å². The van der Waals surface area contributed by atoms with Crippen LogP contribution in [0.15, 0.2) is 42.7 Å². The second-order valence-electron chi connectivity index (χ2n) is 6.96. The van der Waals surface area contributed by atoms with Crippen molar-refractivity contribution < 1.29 is 4.79 Å². The molecular formula is C21H19N3O. The van der Waals surface area contributed by atoms with Gasteiger partial charge < -0.3 is 5.32 Å². The maximum Gasteiger partial charge on any atom is 0.194 e. The van der Waals surface area contributed by atoms with E-state index in [1.807, 2.05) is 36.4 Å². The summed E-state index contributed by atoms with van der Waals surface area (Å²) in [7, 11) is 0. The highest BCUT2D eigenvalue weighted by atomic mass is 16.1. The van der Waals surface area contributed by atoms with Crippen LogP contribution in [0.2, 0.25) is 0 Å². The molecule has 0 radical (unpaired) electrons. The zero-order chi connectivity index (χ0) is 16.8. The van der Waals surface area contributed by atoms with Gasteiger partial charge in [0.15, 0.2) is 5.78 Å². The minimum absolute atomic E-state index is 0.0621. The monoisotopic (exact) mass is 329 g/mol. The fourth-order valence-corrected chi connectivity index (χ4v) is 4.18. The fraction of sp³-hybridized carbons (Fsp3) is 0.286. The van der Waals surface area contributed by atoms with Crippen LogP contribution >= 0.6 is 0 Å². The van der Waals surface area contributed by atoms with Gasteiger partial charge in [-0.15, -0.1) is 0 Å². The minimum Gasteiger partial charge on any atom is -0.381 e. The maximum absolute atomic E-state index is 12.9. The Morgan fingerprint density at radius 3 is 2.52 bits per heavy atom. The zero-order valence-corrected chi connectivity index (χ0v) is 14.0. The Hall–Kier alpha value is -2.75. The Labute approximate surface area is 146 Å². The van der Waals surface area contributed by atoms with Gasteiger partial charge in [-0.2, -0.15) is 0 Å². The first kappa shape index (κ1) is 14.6. The molecule has 1 heterocycles. The fourth-order valence-electron chi connectivity index (χ4n) is 4.18. The van der Waals surface area contributed by atoms with Crippen molar-refractivity contribution in [3.63, 3.8) is 0 Å². The summed E-state index contributed by atoms with van der Waals surface area (Å²) in [5, 5.41) is 4.55. The summed E-state index contributed by atoms with van der Waals surface area (Å²) in [6.45, 7) is 0. The molecule has 1 N–H and O–H groups in total. The van der Waals surface area contributed by atoms with Crippen LogP contribution in [0, 0.1) is 0 Å². The second kappa shape index (κ2) is 5.66. The summed E-state index contributed by atoms with van der Waals surface area (Å²) in [4.78, 5) is 22.0. The average molecular weight is 329 g/mol. The van der Waals surface area contributed by atoms with Crippen molar-refractivity contribution in [3.05, 3.63) is 53.9 Å². The molecule has 25 heavy (non-hydrogen) atoms. The van der Waals surface area contributed by atoms with Gasteiger partial charge >= 0.3 is 0 Å². The molecule has 1 saturated carbocycles. The highest BCUT2D eigenvalue weighted by Gasteiger charge is 2.27. The molecule has 0 spiro atoms. The number of carbonyl (C=O) groups is 1.